The third-order valence-electron chi connectivity index (χ3n) is 6.56. The Morgan fingerprint density at radius 2 is 1.83 bits per heavy atom. The van der Waals surface area contributed by atoms with Crippen molar-refractivity contribution in [2.75, 3.05) is 13.2 Å². The number of carbonyl (C=O) groups excluding carboxylic acids is 3. The summed E-state index contributed by atoms with van der Waals surface area (Å²) in [6.45, 7) is 5.72. The van der Waals surface area contributed by atoms with Gasteiger partial charge in [-0.25, -0.2) is 4.79 Å². The molecular weight excluding hydrogens is 456 g/mol. The van der Waals surface area contributed by atoms with E-state index >= 15 is 0 Å². The maximum Gasteiger partial charge on any atom is 0.330 e. The molecule has 5 atom stereocenters. The van der Waals surface area contributed by atoms with Crippen LogP contribution in [0.15, 0.2) is 23.0 Å². The van der Waals surface area contributed by atoms with E-state index in [1.165, 1.54) is 6.08 Å². The lowest BCUT2D eigenvalue weighted by Crippen LogP contribution is -2.33. The van der Waals surface area contributed by atoms with Gasteiger partial charge in [0.1, 0.15) is 6.10 Å². The van der Waals surface area contributed by atoms with E-state index in [1.807, 2.05) is 6.92 Å². The molecule has 0 aliphatic carbocycles. The summed E-state index contributed by atoms with van der Waals surface area (Å²) >= 11 is 0. The lowest BCUT2D eigenvalue weighted by Gasteiger charge is -2.24. The summed E-state index contributed by atoms with van der Waals surface area (Å²) in [7, 11) is 0. The van der Waals surface area contributed by atoms with Gasteiger partial charge >= 0.3 is 5.97 Å². The number of unbranched alkanes of at least 4 members (excludes halogenated alkanes) is 5. The molecule has 9 nitrogen and oxygen atoms in total. The van der Waals surface area contributed by atoms with Crippen molar-refractivity contribution in [2.24, 2.45) is 5.92 Å². The summed E-state index contributed by atoms with van der Waals surface area (Å²) in [6.07, 6.45) is 5.39. The SMILES string of the molecule is C/C(=C\C(=O)OCCCCCCCCC(=O)[O-])C[C@@H]1OCC(CC2OC2[C@@H](C)[C@H](C)O)=C(O)C1=O. The fourth-order valence-electron chi connectivity index (χ4n) is 4.13. The molecule has 2 rings (SSSR count). The summed E-state index contributed by atoms with van der Waals surface area (Å²) in [5.41, 5.74) is 1.12. The second-order valence-corrected chi connectivity index (χ2v) is 9.66. The molecule has 1 saturated heterocycles. The number of aliphatic carboxylic acids is 1. The molecule has 2 aliphatic rings. The second kappa shape index (κ2) is 14.4. The van der Waals surface area contributed by atoms with Crippen molar-refractivity contribution >= 4 is 17.7 Å². The third-order valence-corrected chi connectivity index (χ3v) is 6.56. The van der Waals surface area contributed by atoms with Crippen LogP contribution < -0.4 is 5.11 Å². The zero-order valence-corrected chi connectivity index (χ0v) is 21.0. The van der Waals surface area contributed by atoms with Gasteiger partial charge in [-0.1, -0.05) is 38.2 Å². The lowest BCUT2D eigenvalue weighted by atomic mass is 9.94. The van der Waals surface area contributed by atoms with Gasteiger partial charge in [-0.2, -0.15) is 0 Å². The minimum atomic E-state index is -1.02. The van der Waals surface area contributed by atoms with Gasteiger partial charge in [-0.15, -0.1) is 0 Å². The molecule has 0 saturated carbocycles. The minimum absolute atomic E-state index is 0.0309. The van der Waals surface area contributed by atoms with Crippen LogP contribution in [0.4, 0.5) is 0 Å². The summed E-state index contributed by atoms with van der Waals surface area (Å²) in [5.74, 6) is -2.33. The van der Waals surface area contributed by atoms with Crippen molar-refractivity contribution < 1.29 is 43.9 Å². The number of carboxylic acid groups (broad SMARTS) is 1. The Labute approximate surface area is 207 Å². The fourth-order valence-corrected chi connectivity index (χ4v) is 4.13. The molecule has 198 valence electrons. The summed E-state index contributed by atoms with van der Waals surface area (Å²) < 4.78 is 16.5. The molecule has 0 radical (unpaired) electrons. The highest BCUT2D eigenvalue weighted by Gasteiger charge is 2.45. The van der Waals surface area contributed by atoms with Gasteiger partial charge in [0.25, 0.3) is 0 Å². The number of Topliss-reactive ketones (excluding diaryl/α,β-unsaturated/α-hetero) is 1. The molecule has 2 heterocycles. The number of ketones is 1. The number of ether oxygens (including phenoxy) is 3. The zero-order valence-electron chi connectivity index (χ0n) is 21.0. The maximum absolute atomic E-state index is 12.6. The molecule has 2 N–H and O–H groups in total. The zero-order chi connectivity index (χ0) is 26.0. The molecule has 2 aliphatic heterocycles. The second-order valence-electron chi connectivity index (χ2n) is 9.66. The Kier molecular flexibility index (Phi) is 11.9. The van der Waals surface area contributed by atoms with Crippen LogP contribution in [-0.4, -0.2) is 65.6 Å². The highest BCUT2D eigenvalue weighted by Crippen LogP contribution is 2.37. The van der Waals surface area contributed by atoms with E-state index in [-0.39, 0.29) is 43.3 Å². The number of hydrogen-bond donors (Lipinski definition) is 2. The molecule has 9 heteroatoms. The molecule has 0 aromatic rings. The first-order valence-electron chi connectivity index (χ1n) is 12.5. The summed E-state index contributed by atoms with van der Waals surface area (Å²) in [5, 5.41) is 30.4. The predicted molar refractivity (Wildman–Crippen MR) is 125 cm³/mol. The van der Waals surface area contributed by atoms with E-state index in [0.29, 0.717) is 30.6 Å². The first-order chi connectivity index (χ1) is 16.6. The van der Waals surface area contributed by atoms with Crippen LogP contribution in [0.1, 0.15) is 78.6 Å². The van der Waals surface area contributed by atoms with Crippen LogP contribution in [0.25, 0.3) is 0 Å². The smallest absolute Gasteiger partial charge is 0.330 e. The number of carbonyl (C=O) groups is 3. The maximum atomic E-state index is 12.6. The predicted octanol–water partition coefficient (Wildman–Crippen LogP) is 2.30. The number of aliphatic hydroxyl groups is 2. The lowest BCUT2D eigenvalue weighted by molar-refractivity contribution is -0.305. The van der Waals surface area contributed by atoms with Crippen molar-refractivity contribution in [1.82, 2.24) is 0 Å². The van der Waals surface area contributed by atoms with E-state index in [0.717, 1.165) is 32.1 Å². The third kappa shape index (κ3) is 10.1. The van der Waals surface area contributed by atoms with Gasteiger partial charge in [-0.3, -0.25) is 4.79 Å². The Morgan fingerprint density at radius 3 is 2.49 bits per heavy atom. The fraction of sp³-hybridized carbons (Fsp3) is 0.731. The van der Waals surface area contributed by atoms with E-state index in [2.05, 4.69) is 0 Å². The normalized spacial score (nSPS) is 24.3. The average Bonchev–Trinajstić information content (AvgIpc) is 3.55. The number of rotatable bonds is 16. The number of aliphatic hydroxyl groups excluding tert-OH is 2. The van der Waals surface area contributed by atoms with Crippen LogP contribution in [0.2, 0.25) is 0 Å². The quantitative estimate of drug-likeness (QED) is 0.142. The van der Waals surface area contributed by atoms with E-state index in [1.54, 1.807) is 13.8 Å². The Morgan fingerprint density at radius 1 is 1.17 bits per heavy atom. The van der Waals surface area contributed by atoms with Gasteiger partial charge in [0.2, 0.25) is 5.78 Å². The molecule has 0 aromatic carbocycles. The number of hydrogen-bond acceptors (Lipinski definition) is 9. The summed E-state index contributed by atoms with van der Waals surface area (Å²) in [6, 6.07) is 0. The summed E-state index contributed by atoms with van der Waals surface area (Å²) in [4.78, 5) is 34.9. The molecular formula is C26H39O9-. The Hall–Kier alpha value is -2.23. The largest absolute Gasteiger partial charge is 0.550 e. The highest BCUT2D eigenvalue weighted by atomic mass is 16.6. The number of carboxylic acids is 1. The van der Waals surface area contributed by atoms with E-state index in [4.69, 9.17) is 14.2 Å². The average molecular weight is 496 g/mol. The van der Waals surface area contributed by atoms with Crippen LogP contribution in [-0.2, 0) is 28.6 Å². The standard InChI is InChI=1S/C26H40O9/c1-16(13-23(30)33-11-9-7-5-4-6-8-10-22(28)29)12-20-25(32)24(31)19(15-34-20)14-21-26(35-21)17(2)18(3)27/h13,17-18,20-21,26-27,31H,4-12,14-15H2,1-3H3,(H,28,29)/p-1/b16-13+/t17-,18-,20-,21?,26?/m0/s1. The first-order valence-corrected chi connectivity index (χ1v) is 12.5. The van der Waals surface area contributed by atoms with Gasteiger partial charge in [-0.05, 0) is 33.1 Å². The van der Waals surface area contributed by atoms with Crippen LogP contribution >= 0.6 is 0 Å². The topological polar surface area (TPSA) is 146 Å². The Balaban J connectivity index is 1.66. The van der Waals surface area contributed by atoms with Crippen LogP contribution in [0, 0.1) is 5.92 Å². The molecule has 35 heavy (non-hydrogen) atoms. The highest BCUT2D eigenvalue weighted by molar-refractivity contribution is 5.98. The van der Waals surface area contributed by atoms with Crippen molar-refractivity contribution in [3.8, 4) is 0 Å². The van der Waals surface area contributed by atoms with Gasteiger partial charge in [0.05, 0.1) is 31.5 Å². The molecule has 0 bridgehead atoms. The first kappa shape index (κ1) is 29.0. The van der Waals surface area contributed by atoms with Gasteiger partial charge < -0.3 is 34.3 Å². The number of esters is 1. The van der Waals surface area contributed by atoms with Crippen molar-refractivity contribution in [1.29, 1.82) is 0 Å². The van der Waals surface area contributed by atoms with E-state index < -0.39 is 29.9 Å². The van der Waals surface area contributed by atoms with Crippen molar-refractivity contribution in [2.45, 2.75) is 103 Å². The van der Waals surface area contributed by atoms with E-state index in [9.17, 15) is 29.7 Å². The molecule has 1 fully saturated rings. The number of epoxide rings is 1. The molecule has 0 amide bonds. The minimum Gasteiger partial charge on any atom is -0.550 e. The van der Waals surface area contributed by atoms with Crippen molar-refractivity contribution in [3.05, 3.63) is 23.0 Å². The van der Waals surface area contributed by atoms with Gasteiger partial charge in [0.15, 0.2) is 5.76 Å². The molecule has 0 aromatic heterocycles. The van der Waals surface area contributed by atoms with Crippen LogP contribution in [0.5, 0.6) is 0 Å². The molecule has 2 unspecified atom stereocenters. The molecule has 0 spiro atoms. The monoisotopic (exact) mass is 495 g/mol. The van der Waals surface area contributed by atoms with Crippen molar-refractivity contribution in [3.63, 3.8) is 0 Å². The van der Waals surface area contributed by atoms with Gasteiger partial charge in [0, 0.05) is 36.4 Å². The van der Waals surface area contributed by atoms with Crippen LogP contribution in [0.3, 0.4) is 0 Å². The Bertz CT molecular complexity index is 799.